The minimum absolute atomic E-state index is 0.00480. The number of aromatic nitrogens is 4. The first-order chi connectivity index (χ1) is 26.4. The second-order valence-corrected chi connectivity index (χ2v) is 20.0. The van der Waals surface area contributed by atoms with Crippen molar-refractivity contribution in [2.45, 2.75) is 69.0 Å². The zero-order valence-electron chi connectivity index (χ0n) is 31.9. The van der Waals surface area contributed by atoms with Gasteiger partial charge in [-0.2, -0.15) is 0 Å². The van der Waals surface area contributed by atoms with E-state index in [9.17, 15) is 9.90 Å². The lowest BCUT2D eigenvalue weighted by atomic mass is 9.80. The first kappa shape index (κ1) is 38.0. The highest BCUT2D eigenvalue weighted by Crippen LogP contribution is 2.45. The number of aliphatic hydroxyl groups excluding tert-OH is 1. The van der Waals surface area contributed by atoms with E-state index in [4.69, 9.17) is 18.6 Å². The zero-order valence-corrected chi connectivity index (χ0v) is 32.9. The van der Waals surface area contributed by atoms with Crippen molar-refractivity contribution >= 4 is 31.2 Å². The maximum atomic E-state index is 13.1. The number of carbonyl (C=O) groups excluding carboxylic acids is 1. The van der Waals surface area contributed by atoms with Gasteiger partial charge < -0.3 is 29.1 Å². The summed E-state index contributed by atoms with van der Waals surface area (Å²) in [5, 5.41) is 15.0. The first-order valence-electron chi connectivity index (χ1n) is 18.4. The van der Waals surface area contributed by atoms with Gasteiger partial charge in [0, 0.05) is 5.56 Å². The van der Waals surface area contributed by atoms with Crippen LogP contribution in [0.4, 0.5) is 5.82 Å². The molecule has 0 bridgehead atoms. The number of anilines is 1. The second-order valence-electron chi connectivity index (χ2n) is 15.2. The molecule has 55 heavy (non-hydrogen) atoms. The molecule has 2 unspecified atom stereocenters. The Morgan fingerprint density at radius 3 is 2.00 bits per heavy atom. The summed E-state index contributed by atoms with van der Waals surface area (Å²) in [6, 6.07) is 36.8. The van der Waals surface area contributed by atoms with Crippen LogP contribution in [0.5, 0.6) is 5.75 Å². The normalized spacial score (nSPS) is 19.0. The summed E-state index contributed by atoms with van der Waals surface area (Å²) in [5.41, 5.74) is 2.90. The van der Waals surface area contributed by atoms with E-state index in [0.29, 0.717) is 16.7 Å². The summed E-state index contributed by atoms with van der Waals surface area (Å²) >= 11 is 0. The molecule has 2 aromatic heterocycles. The molecule has 1 saturated heterocycles. The van der Waals surface area contributed by atoms with Crippen molar-refractivity contribution in [1.82, 2.24) is 19.5 Å². The van der Waals surface area contributed by atoms with Gasteiger partial charge >= 0.3 is 0 Å². The molecule has 284 valence electrons. The molecule has 3 heterocycles. The van der Waals surface area contributed by atoms with Gasteiger partial charge in [-0.25, -0.2) is 15.0 Å². The van der Waals surface area contributed by atoms with Crippen LogP contribution in [0.1, 0.15) is 54.0 Å². The van der Waals surface area contributed by atoms with Gasteiger partial charge in [-0.1, -0.05) is 112 Å². The second kappa shape index (κ2) is 15.5. The van der Waals surface area contributed by atoms with Gasteiger partial charge in [0.2, 0.25) is 0 Å². The fourth-order valence-corrected chi connectivity index (χ4v) is 8.04. The molecule has 1 aliphatic heterocycles. The Morgan fingerprint density at radius 1 is 0.836 bits per heavy atom. The smallest absolute Gasteiger partial charge is 0.256 e. The minimum atomic E-state index is -2.48. The van der Waals surface area contributed by atoms with Gasteiger partial charge in [0.1, 0.15) is 36.0 Å². The number of carbonyl (C=O) groups is 1. The summed E-state index contributed by atoms with van der Waals surface area (Å²) in [6.07, 6.45) is -0.570. The standard InChI is InChI=1S/C43H47N5O6Si/c1-42(2,3)55(5,6)54-37-36(49)34(53-41(37)48-28-46-35-38(44-27-45-39(35)48)47-40(50)29-16-10-7-11-17-29)26-52-43(30-18-12-8-13-19-30,31-20-14-9-15-21-31)32-22-24-33(51-4)25-23-32/h7-25,27-28,34,36-37,41,49H,26H2,1-6H3,(H,44,45,47,50)/t34-,36?,37?,41-/m1/s1. The number of hydrogen-bond acceptors (Lipinski definition) is 9. The van der Waals surface area contributed by atoms with Crippen LogP contribution in [0, 0.1) is 0 Å². The largest absolute Gasteiger partial charge is 0.497 e. The molecule has 1 fully saturated rings. The number of nitrogens with one attached hydrogen (secondary N) is 1. The van der Waals surface area contributed by atoms with Crippen LogP contribution in [0.25, 0.3) is 11.2 Å². The quantitative estimate of drug-likeness (QED) is 0.0951. The van der Waals surface area contributed by atoms with Gasteiger partial charge in [-0.3, -0.25) is 9.36 Å². The van der Waals surface area contributed by atoms with Gasteiger partial charge in [0.15, 0.2) is 31.5 Å². The summed E-state index contributed by atoms with van der Waals surface area (Å²) in [5.74, 6) is 0.657. The predicted octanol–water partition coefficient (Wildman–Crippen LogP) is 7.74. The van der Waals surface area contributed by atoms with E-state index in [0.717, 1.165) is 22.4 Å². The van der Waals surface area contributed by atoms with Crippen molar-refractivity contribution < 1.29 is 28.5 Å². The van der Waals surface area contributed by atoms with Crippen molar-refractivity contribution in [3.63, 3.8) is 0 Å². The number of hydrogen-bond donors (Lipinski definition) is 2. The number of aliphatic hydroxyl groups is 1. The molecular formula is C43H47N5O6Si. The zero-order chi connectivity index (χ0) is 38.8. The number of rotatable bonds is 12. The van der Waals surface area contributed by atoms with Gasteiger partial charge in [-0.05, 0) is 59.1 Å². The summed E-state index contributed by atoms with van der Waals surface area (Å²) < 4.78 is 28.2. The molecule has 4 atom stereocenters. The third kappa shape index (κ3) is 7.43. The van der Waals surface area contributed by atoms with E-state index in [1.807, 2.05) is 91.0 Å². The molecule has 7 rings (SSSR count). The number of amides is 1. The average Bonchev–Trinajstić information content (AvgIpc) is 3.76. The number of fused-ring (bicyclic) bond motifs is 1. The molecule has 2 N–H and O–H groups in total. The van der Waals surface area contributed by atoms with Crippen LogP contribution in [0.15, 0.2) is 128 Å². The molecule has 0 radical (unpaired) electrons. The van der Waals surface area contributed by atoms with Crippen molar-refractivity contribution in [2.24, 2.45) is 0 Å². The lowest BCUT2D eigenvalue weighted by Crippen LogP contribution is -2.49. The molecule has 12 heteroatoms. The Kier molecular flexibility index (Phi) is 10.7. The highest BCUT2D eigenvalue weighted by Gasteiger charge is 2.52. The van der Waals surface area contributed by atoms with Crippen LogP contribution in [-0.4, -0.2) is 70.9 Å². The molecule has 4 aromatic carbocycles. The molecule has 1 aliphatic rings. The highest BCUT2D eigenvalue weighted by atomic mass is 28.4. The van der Waals surface area contributed by atoms with Crippen molar-refractivity contribution in [3.05, 3.63) is 150 Å². The lowest BCUT2D eigenvalue weighted by Gasteiger charge is -2.40. The van der Waals surface area contributed by atoms with Crippen LogP contribution in [0.2, 0.25) is 18.1 Å². The predicted molar refractivity (Wildman–Crippen MR) is 213 cm³/mol. The molecule has 1 amide bonds. The highest BCUT2D eigenvalue weighted by molar-refractivity contribution is 6.74. The van der Waals surface area contributed by atoms with E-state index in [1.165, 1.54) is 6.33 Å². The molecule has 0 spiro atoms. The number of nitrogens with zero attached hydrogens (tertiary/aromatic N) is 4. The number of methoxy groups -OCH3 is 1. The summed E-state index contributed by atoms with van der Waals surface area (Å²) in [6.45, 7) is 10.8. The molecule has 0 saturated carbocycles. The Balaban J connectivity index is 1.27. The Morgan fingerprint density at radius 2 is 1.42 bits per heavy atom. The molecule has 0 aliphatic carbocycles. The third-order valence-electron chi connectivity index (χ3n) is 10.8. The fraction of sp³-hybridized carbons (Fsp3) is 0.302. The van der Waals surface area contributed by atoms with Gasteiger partial charge in [0.05, 0.1) is 20.0 Å². The summed E-state index contributed by atoms with van der Waals surface area (Å²) in [4.78, 5) is 26.6. The van der Waals surface area contributed by atoms with Crippen LogP contribution >= 0.6 is 0 Å². The lowest BCUT2D eigenvalue weighted by molar-refractivity contribution is -0.0940. The van der Waals surface area contributed by atoms with Crippen LogP contribution < -0.4 is 10.1 Å². The van der Waals surface area contributed by atoms with E-state index < -0.39 is 38.5 Å². The Hall–Kier alpha value is -5.24. The van der Waals surface area contributed by atoms with Crippen LogP contribution in [-0.2, 0) is 19.5 Å². The monoisotopic (exact) mass is 757 g/mol. The van der Waals surface area contributed by atoms with E-state index in [2.05, 4.69) is 54.1 Å². The van der Waals surface area contributed by atoms with E-state index >= 15 is 0 Å². The van der Waals surface area contributed by atoms with E-state index in [1.54, 1.807) is 42.3 Å². The first-order valence-corrected chi connectivity index (χ1v) is 21.3. The van der Waals surface area contributed by atoms with Crippen molar-refractivity contribution in [3.8, 4) is 5.75 Å². The Labute approximate surface area is 322 Å². The number of benzene rings is 4. The topological polar surface area (TPSA) is 130 Å². The maximum Gasteiger partial charge on any atom is 0.256 e. The Bertz CT molecular complexity index is 2170. The van der Waals surface area contributed by atoms with Gasteiger partial charge in [0.25, 0.3) is 5.91 Å². The number of imidazole rings is 1. The third-order valence-corrected chi connectivity index (χ3v) is 15.2. The van der Waals surface area contributed by atoms with Crippen molar-refractivity contribution in [2.75, 3.05) is 19.0 Å². The molecular weight excluding hydrogens is 711 g/mol. The number of ether oxygens (including phenoxy) is 3. The van der Waals surface area contributed by atoms with E-state index in [-0.39, 0.29) is 23.4 Å². The van der Waals surface area contributed by atoms with Crippen LogP contribution in [0.3, 0.4) is 0 Å². The maximum absolute atomic E-state index is 13.1. The molecule has 11 nitrogen and oxygen atoms in total. The minimum Gasteiger partial charge on any atom is -0.497 e. The molecule has 6 aromatic rings. The van der Waals surface area contributed by atoms with Crippen molar-refractivity contribution in [1.29, 1.82) is 0 Å². The average molecular weight is 758 g/mol. The van der Waals surface area contributed by atoms with Gasteiger partial charge in [-0.15, -0.1) is 0 Å². The fourth-order valence-electron chi connectivity index (χ4n) is 6.75. The SMILES string of the molecule is COc1ccc(C(OC[C@H]2O[C@@H](n3cnc4c(NC(=O)c5ccccc5)ncnc43)C(O[Si](C)(C)C(C)(C)C)C2O)(c2ccccc2)c2ccccc2)cc1. The summed E-state index contributed by atoms with van der Waals surface area (Å²) in [7, 11) is -0.835.